The summed E-state index contributed by atoms with van der Waals surface area (Å²) in [6.45, 7) is 0.124. The van der Waals surface area contributed by atoms with E-state index in [-0.39, 0.29) is 37.4 Å². The van der Waals surface area contributed by atoms with E-state index in [0.29, 0.717) is 18.6 Å². The summed E-state index contributed by atoms with van der Waals surface area (Å²) < 4.78 is 49.2. The number of benzene rings is 2. The number of nitrogens with one attached hydrogen (secondary N) is 1. The molecule has 1 heterocycles. The predicted octanol–water partition coefficient (Wildman–Crippen LogP) is 3.02. The lowest BCUT2D eigenvalue weighted by Crippen LogP contribution is -2.52. The maximum absolute atomic E-state index is 13.7. The normalized spacial score (nSPS) is 18.7. The standard InChI is InChI=1S/C28H38N2O9S/c1-35-22-12-14-25(15-13-22)40(33,34)30(39-23-10-6-3-7-11-23)17-27(31)26(16-21-8-4-2-5-9-21)29-28(32)38-24-18-36-20-37-19-24/h2,4-5,8-9,12-15,23-24,26-27,31H,3,6-7,10-11,16-20H2,1H3,(H,29,32)/t26-,27+/m0/s1. The molecule has 1 aliphatic heterocycles. The van der Waals surface area contributed by atoms with Crippen molar-refractivity contribution in [3.05, 3.63) is 60.2 Å². The van der Waals surface area contributed by atoms with Crippen LogP contribution in [0.5, 0.6) is 5.75 Å². The quantitative estimate of drug-likeness (QED) is 0.365. The van der Waals surface area contributed by atoms with Gasteiger partial charge in [-0.15, -0.1) is 0 Å². The van der Waals surface area contributed by atoms with Gasteiger partial charge in [-0.3, -0.25) is 4.84 Å². The average Bonchev–Trinajstić information content (AvgIpc) is 2.98. The predicted molar refractivity (Wildman–Crippen MR) is 145 cm³/mol. The number of hydrogen-bond acceptors (Lipinski definition) is 9. The number of hydroxylamine groups is 1. The van der Waals surface area contributed by atoms with Gasteiger partial charge in [0, 0.05) is 0 Å². The number of methoxy groups -OCH3 is 1. The molecule has 0 aromatic heterocycles. The second kappa shape index (κ2) is 14.8. The molecule has 40 heavy (non-hydrogen) atoms. The summed E-state index contributed by atoms with van der Waals surface area (Å²) in [7, 11) is -2.66. The van der Waals surface area contributed by atoms with E-state index >= 15 is 0 Å². The number of sulfonamides is 1. The third kappa shape index (κ3) is 8.63. The highest BCUT2D eigenvalue weighted by Gasteiger charge is 2.34. The molecular weight excluding hydrogens is 540 g/mol. The molecule has 2 atom stereocenters. The van der Waals surface area contributed by atoms with Crippen molar-refractivity contribution in [2.75, 3.05) is 33.7 Å². The van der Waals surface area contributed by atoms with Crippen LogP contribution >= 0.6 is 0 Å². The van der Waals surface area contributed by atoms with Crippen molar-refractivity contribution in [2.24, 2.45) is 0 Å². The van der Waals surface area contributed by atoms with Crippen LogP contribution in [-0.2, 0) is 35.5 Å². The van der Waals surface area contributed by atoms with Gasteiger partial charge in [-0.05, 0) is 49.1 Å². The Morgan fingerprint density at radius 2 is 1.70 bits per heavy atom. The zero-order chi connectivity index (χ0) is 28.4. The highest BCUT2D eigenvalue weighted by Crippen LogP contribution is 2.26. The van der Waals surface area contributed by atoms with Crippen LogP contribution in [0.2, 0.25) is 0 Å². The van der Waals surface area contributed by atoms with Crippen LogP contribution in [0.15, 0.2) is 59.5 Å². The number of amides is 1. The number of carbonyl (C=O) groups excluding carboxylic acids is 1. The zero-order valence-electron chi connectivity index (χ0n) is 22.6. The summed E-state index contributed by atoms with van der Waals surface area (Å²) in [5.74, 6) is 0.512. The molecule has 0 bridgehead atoms. The molecule has 2 aliphatic rings. The first-order valence-electron chi connectivity index (χ1n) is 13.5. The van der Waals surface area contributed by atoms with E-state index in [2.05, 4.69) is 5.32 Å². The molecule has 2 aromatic carbocycles. The summed E-state index contributed by atoms with van der Waals surface area (Å²) in [6.07, 6.45) is 1.60. The van der Waals surface area contributed by atoms with Crippen LogP contribution in [0, 0.1) is 0 Å². The Morgan fingerprint density at radius 3 is 2.35 bits per heavy atom. The van der Waals surface area contributed by atoms with E-state index in [4.69, 9.17) is 23.8 Å². The van der Waals surface area contributed by atoms with Gasteiger partial charge in [0.2, 0.25) is 0 Å². The molecule has 1 saturated heterocycles. The third-order valence-electron chi connectivity index (χ3n) is 6.89. The van der Waals surface area contributed by atoms with E-state index < -0.39 is 40.9 Å². The molecule has 1 saturated carbocycles. The summed E-state index contributed by atoms with van der Waals surface area (Å²) >= 11 is 0. The molecular formula is C28H38N2O9S. The van der Waals surface area contributed by atoms with Crippen molar-refractivity contribution < 1.29 is 42.1 Å². The summed E-state index contributed by atoms with van der Waals surface area (Å²) in [5.41, 5.74) is 0.842. The van der Waals surface area contributed by atoms with E-state index in [0.717, 1.165) is 29.3 Å². The van der Waals surface area contributed by atoms with Crippen molar-refractivity contribution in [1.29, 1.82) is 0 Å². The van der Waals surface area contributed by atoms with Crippen molar-refractivity contribution >= 4 is 16.1 Å². The largest absolute Gasteiger partial charge is 0.497 e. The molecule has 220 valence electrons. The smallest absolute Gasteiger partial charge is 0.407 e. The minimum absolute atomic E-state index is 0.000543. The van der Waals surface area contributed by atoms with E-state index in [9.17, 15) is 18.3 Å². The molecule has 0 spiro atoms. The van der Waals surface area contributed by atoms with Gasteiger partial charge in [-0.2, -0.15) is 0 Å². The first kappa shape index (κ1) is 30.2. The lowest BCUT2D eigenvalue weighted by atomic mass is 9.98. The van der Waals surface area contributed by atoms with Crippen molar-refractivity contribution in [1.82, 2.24) is 9.79 Å². The average molecular weight is 579 g/mol. The minimum atomic E-state index is -4.16. The zero-order valence-corrected chi connectivity index (χ0v) is 23.5. The first-order chi connectivity index (χ1) is 19.3. The second-order valence-corrected chi connectivity index (χ2v) is 11.8. The fraction of sp³-hybridized carbons (Fsp3) is 0.536. The number of nitrogens with zero attached hydrogens (tertiary/aromatic N) is 1. The molecule has 2 fully saturated rings. The number of carbonyl (C=O) groups is 1. The van der Waals surface area contributed by atoms with Crippen LogP contribution in [0.4, 0.5) is 4.79 Å². The molecule has 11 nitrogen and oxygen atoms in total. The van der Waals surface area contributed by atoms with Gasteiger partial charge < -0.3 is 29.4 Å². The van der Waals surface area contributed by atoms with Gasteiger partial charge in [0.15, 0.2) is 6.10 Å². The van der Waals surface area contributed by atoms with Crippen LogP contribution < -0.4 is 10.1 Å². The van der Waals surface area contributed by atoms with Crippen LogP contribution in [-0.4, -0.2) is 82.1 Å². The van der Waals surface area contributed by atoms with Crippen LogP contribution in [0.3, 0.4) is 0 Å². The third-order valence-corrected chi connectivity index (χ3v) is 8.53. The molecule has 0 unspecified atom stereocenters. The first-order valence-corrected chi connectivity index (χ1v) is 15.0. The van der Waals surface area contributed by atoms with Gasteiger partial charge in [0.05, 0.1) is 50.0 Å². The Bertz CT molecular complexity index is 1150. The Morgan fingerprint density at radius 1 is 1.02 bits per heavy atom. The Kier molecular flexibility index (Phi) is 11.2. The molecule has 12 heteroatoms. The summed E-state index contributed by atoms with van der Waals surface area (Å²) in [5, 5.41) is 14.1. The monoisotopic (exact) mass is 578 g/mol. The topological polar surface area (TPSA) is 133 Å². The van der Waals surface area contributed by atoms with Crippen molar-refractivity contribution in [3.8, 4) is 5.75 Å². The maximum Gasteiger partial charge on any atom is 0.407 e. The number of aliphatic hydroxyl groups excluding tert-OH is 1. The van der Waals surface area contributed by atoms with Crippen LogP contribution in [0.25, 0.3) is 0 Å². The van der Waals surface area contributed by atoms with E-state index in [1.165, 1.54) is 19.2 Å². The molecule has 4 rings (SSSR count). The molecule has 1 aliphatic carbocycles. The van der Waals surface area contributed by atoms with E-state index in [1.54, 1.807) is 12.1 Å². The SMILES string of the molecule is COc1ccc(S(=O)(=O)N(C[C@@H](O)[C@H](Cc2ccccc2)NC(=O)OC2COCOC2)OC2CCCCC2)cc1. The van der Waals surface area contributed by atoms with Gasteiger partial charge in [0.25, 0.3) is 10.0 Å². The maximum atomic E-state index is 13.7. The highest BCUT2D eigenvalue weighted by molar-refractivity contribution is 7.89. The molecule has 1 amide bonds. The van der Waals surface area contributed by atoms with Gasteiger partial charge in [-0.1, -0.05) is 54.1 Å². The number of rotatable bonds is 12. The number of ether oxygens (including phenoxy) is 4. The number of alkyl carbamates (subject to hydrolysis) is 1. The highest BCUT2D eigenvalue weighted by atomic mass is 32.2. The minimum Gasteiger partial charge on any atom is -0.497 e. The summed E-state index contributed by atoms with van der Waals surface area (Å²) in [4.78, 5) is 18.8. The van der Waals surface area contributed by atoms with E-state index in [1.807, 2.05) is 30.3 Å². The fourth-order valence-electron chi connectivity index (χ4n) is 4.70. The number of hydrogen-bond donors (Lipinski definition) is 2. The fourth-order valence-corrected chi connectivity index (χ4v) is 6.00. The summed E-state index contributed by atoms with van der Waals surface area (Å²) in [6, 6.07) is 14.4. The molecule has 2 aromatic rings. The second-order valence-electron chi connectivity index (χ2n) is 9.93. The van der Waals surface area contributed by atoms with Gasteiger partial charge in [-0.25, -0.2) is 13.2 Å². The van der Waals surface area contributed by atoms with Crippen molar-refractivity contribution in [3.63, 3.8) is 0 Å². The molecule has 0 radical (unpaired) electrons. The Hall–Kier alpha value is -2.74. The Labute approximate surface area is 235 Å². The lowest BCUT2D eigenvalue weighted by molar-refractivity contribution is -0.157. The number of aliphatic hydroxyl groups is 1. The Balaban J connectivity index is 1.54. The molecule has 2 N–H and O–H groups in total. The van der Waals surface area contributed by atoms with Crippen LogP contribution in [0.1, 0.15) is 37.7 Å². The van der Waals surface area contributed by atoms with Gasteiger partial charge in [0.1, 0.15) is 12.5 Å². The lowest BCUT2D eigenvalue weighted by Gasteiger charge is -2.32. The van der Waals surface area contributed by atoms with Gasteiger partial charge >= 0.3 is 6.09 Å². The van der Waals surface area contributed by atoms with Crippen molar-refractivity contribution in [2.45, 2.75) is 67.8 Å².